The fourth-order valence-corrected chi connectivity index (χ4v) is 2.76. The van der Waals surface area contributed by atoms with Crippen LogP contribution in [0.1, 0.15) is 29.9 Å². The average Bonchev–Trinajstić information content (AvgIpc) is 3.38. The number of nitrogens with one attached hydrogen (secondary N) is 1. The Hall–Kier alpha value is -2.35. The van der Waals surface area contributed by atoms with Gasteiger partial charge in [-0.1, -0.05) is 30.3 Å². The molecule has 0 atom stereocenters. The molecule has 1 aliphatic carbocycles. The first-order valence-corrected chi connectivity index (χ1v) is 7.56. The molecule has 3 aromatic rings. The number of fused-ring (bicyclic) bond motifs is 1. The normalized spacial score (nSPS) is 14.3. The minimum Gasteiger partial charge on any atom is -0.381 e. The molecule has 0 saturated heterocycles. The standard InChI is InChI=1S/C19H18N2/c1-3-14(11-16(4-1)15-6-7-15)13-21-18-8-9-19-17(12-18)5-2-10-20-19/h1-5,8-12,15,21H,6-7,13H2. The first-order valence-electron chi connectivity index (χ1n) is 7.56. The van der Waals surface area contributed by atoms with E-state index in [9.17, 15) is 0 Å². The fourth-order valence-electron chi connectivity index (χ4n) is 2.76. The number of aromatic nitrogens is 1. The van der Waals surface area contributed by atoms with Crippen LogP contribution in [0.4, 0.5) is 5.69 Å². The van der Waals surface area contributed by atoms with Crippen molar-refractivity contribution in [1.82, 2.24) is 4.98 Å². The third-order valence-electron chi connectivity index (χ3n) is 4.10. The van der Waals surface area contributed by atoms with Crippen molar-refractivity contribution < 1.29 is 0 Å². The van der Waals surface area contributed by atoms with Gasteiger partial charge in [0.1, 0.15) is 0 Å². The van der Waals surface area contributed by atoms with Crippen LogP contribution >= 0.6 is 0 Å². The second kappa shape index (κ2) is 5.21. The van der Waals surface area contributed by atoms with Gasteiger partial charge in [-0.3, -0.25) is 4.98 Å². The topological polar surface area (TPSA) is 24.9 Å². The summed E-state index contributed by atoms with van der Waals surface area (Å²) in [5.74, 6) is 0.816. The van der Waals surface area contributed by atoms with E-state index in [1.807, 2.05) is 12.3 Å². The Balaban J connectivity index is 1.51. The van der Waals surface area contributed by atoms with Crippen LogP contribution < -0.4 is 5.32 Å². The van der Waals surface area contributed by atoms with Crippen molar-refractivity contribution in [1.29, 1.82) is 0 Å². The van der Waals surface area contributed by atoms with Gasteiger partial charge in [0.15, 0.2) is 0 Å². The maximum absolute atomic E-state index is 4.35. The lowest BCUT2D eigenvalue weighted by Gasteiger charge is -2.09. The molecule has 1 aromatic heterocycles. The minimum absolute atomic E-state index is 0.816. The minimum atomic E-state index is 0.816. The Morgan fingerprint density at radius 3 is 2.86 bits per heavy atom. The molecule has 0 unspecified atom stereocenters. The number of hydrogen-bond acceptors (Lipinski definition) is 2. The molecule has 2 nitrogen and oxygen atoms in total. The molecule has 1 N–H and O–H groups in total. The largest absolute Gasteiger partial charge is 0.381 e. The van der Waals surface area contributed by atoms with Crippen molar-refractivity contribution in [3.8, 4) is 0 Å². The van der Waals surface area contributed by atoms with Crippen LogP contribution in [-0.4, -0.2) is 4.98 Å². The summed E-state index contributed by atoms with van der Waals surface area (Å²) >= 11 is 0. The lowest BCUT2D eigenvalue weighted by atomic mass is 10.1. The van der Waals surface area contributed by atoms with Gasteiger partial charge >= 0.3 is 0 Å². The molecule has 104 valence electrons. The third kappa shape index (κ3) is 2.75. The van der Waals surface area contributed by atoms with Crippen LogP contribution in [0.15, 0.2) is 60.8 Å². The first kappa shape index (κ1) is 12.4. The van der Waals surface area contributed by atoms with Crippen LogP contribution in [0.2, 0.25) is 0 Å². The van der Waals surface area contributed by atoms with Gasteiger partial charge in [0.2, 0.25) is 0 Å². The molecular formula is C19H18N2. The number of anilines is 1. The van der Waals surface area contributed by atoms with Gasteiger partial charge in [0.25, 0.3) is 0 Å². The molecule has 0 aliphatic heterocycles. The summed E-state index contributed by atoms with van der Waals surface area (Å²) in [6.45, 7) is 0.867. The van der Waals surface area contributed by atoms with Gasteiger partial charge in [-0.15, -0.1) is 0 Å². The highest BCUT2D eigenvalue weighted by molar-refractivity contribution is 5.82. The Kier molecular flexibility index (Phi) is 3.07. The SMILES string of the molecule is c1cc(CNc2ccc3ncccc3c2)cc(C2CC2)c1. The van der Waals surface area contributed by atoms with Gasteiger partial charge in [0.05, 0.1) is 5.52 Å². The van der Waals surface area contributed by atoms with E-state index in [-0.39, 0.29) is 0 Å². The van der Waals surface area contributed by atoms with Crippen LogP contribution in [0.5, 0.6) is 0 Å². The van der Waals surface area contributed by atoms with Gasteiger partial charge < -0.3 is 5.32 Å². The van der Waals surface area contributed by atoms with Crippen molar-refractivity contribution in [2.45, 2.75) is 25.3 Å². The Morgan fingerprint density at radius 1 is 1.00 bits per heavy atom. The van der Waals surface area contributed by atoms with Gasteiger partial charge in [-0.25, -0.2) is 0 Å². The molecule has 2 heteroatoms. The lowest BCUT2D eigenvalue weighted by molar-refractivity contribution is 1.09. The summed E-state index contributed by atoms with van der Waals surface area (Å²) in [7, 11) is 0. The molecule has 1 heterocycles. The van der Waals surface area contributed by atoms with Crippen LogP contribution in [-0.2, 0) is 6.54 Å². The van der Waals surface area contributed by atoms with Gasteiger partial charge in [0, 0.05) is 23.8 Å². The first-order chi connectivity index (χ1) is 10.4. The van der Waals surface area contributed by atoms with Crippen molar-refractivity contribution in [2.24, 2.45) is 0 Å². The summed E-state index contributed by atoms with van der Waals surface area (Å²) in [5.41, 5.74) is 5.04. The van der Waals surface area contributed by atoms with Crippen molar-refractivity contribution in [3.63, 3.8) is 0 Å². The Bertz CT molecular complexity index is 775. The maximum atomic E-state index is 4.35. The summed E-state index contributed by atoms with van der Waals surface area (Å²) in [4.78, 5) is 4.35. The monoisotopic (exact) mass is 274 g/mol. The summed E-state index contributed by atoms with van der Waals surface area (Å²) in [6, 6.07) is 19.4. The molecule has 0 amide bonds. The van der Waals surface area contributed by atoms with E-state index in [0.29, 0.717) is 0 Å². The lowest BCUT2D eigenvalue weighted by Crippen LogP contribution is -1.99. The molecule has 1 aliphatic rings. The van der Waals surface area contributed by atoms with Crippen molar-refractivity contribution >= 4 is 16.6 Å². The van der Waals surface area contributed by atoms with Crippen LogP contribution in [0.3, 0.4) is 0 Å². The number of nitrogens with zero attached hydrogens (tertiary/aromatic N) is 1. The summed E-state index contributed by atoms with van der Waals surface area (Å²) in [5, 5.41) is 4.69. The van der Waals surface area contributed by atoms with E-state index in [0.717, 1.165) is 23.7 Å². The zero-order chi connectivity index (χ0) is 14.1. The highest BCUT2D eigenvalue weighted by Crippen LogP contribution is 2.40. The Morgan fingerprint density at radius 2 is 1.95 bits per heavy atom. The van der Waals surface area contributed by atoms with Gasteiger partial charge in [-0.05, 0) is 54.2 Å². The van der Waals surface area contributed by atoms with E-state index in [4.69, 9.17) is 0 Å². The second-order valence-corrected chi connectivity index (χ2v) is 5.78. The number of benzene rings is 2. The van der Waals surface area contributed by atoms with E-state index < -0.39 is 0 Å². The molecule has 21 heavy (non-hydrogen) atoms. The molecule has 1 fully saturated rings. The maximum Gasteiger partial charge on any atom is 0.0703 e. The third-order valence-corrected chi connectivity index (χ3v) is 4.10. The average molecular weight is 274 g/mol. The van der Waals surface area contributed by atoms with Crippen LogP contribution in [0.25, 0.3) is 10.9 Å². The highest BCUT2D eigenvalue weighted by Gasteiger charge is 2.23. The molecule has 1 saturated carbocycles. The van der Waals surface area contributed by atoms with Crippen molar-refractivity contribution in [3.05, 3.63) is 71.9 Å². The smallest absolute Gasteiger partial charge is 0.0703 e. The second-order valence-electron chi connectivity index (χ2n) is 5.78. The fraction of sp³-hybridized carbons (Fsp3) is 0.211. The number of rotatable bonds is 4. The highest BCUT2D eigenvalue weighted by atomic mass is 14.9. The van der Waals surface area contributed by atoms with E-state index in [2.05, 4.69) is 58.8 Å². The predicted molar refractivity (Wildman–Crippen MR) is 87.5 cm³/mol. The molecule has 0 spiro atoms. The molecule has 2 aromatic carbocycles. The number of pyridine rings is 1. The molecule has 0 radical (unpaired) electrons. The molecular weight excluding hydrogens is 256 g/mol. The predicted octanol–water partition coefficient (Wildman–Crippen LogP) is 4.72. The zero-order valence-corrected chi connectivity index (χ0v) is 11.9. The molecule has 4 rings (SSSR count). The Labute approximate surface area is 124 Å². The summed E-state index contributed by atoms with van der Waals surface area (Å²) in [6.07, 6.45) is 4.54. The van der Waals surface area contributed by atoms with Crippen molar-refractivity contribution in [2.75, 3.05) is 5.32 Å². The van der Waals surface area contributed by atoms with E-state index >= 15 is 0 Å². The molecule has 0 bridgehead atoms. The van der Waals surface area contributed by atoms with Gasteiger partial charge in [-0.2, -0.15) is 0 Å². The van der Waals surface area contributed by atoms with E-state index in [1.165, 1.54) is 29.4 Å². The quantitative estimate of drug-likeness (QED) is 0.744. The van der Waals surface area contributed by atoms with Crippen LogP contribution in [0, 0.1) is 0 Å². The summed E-state index contributed by atoms with van der Waals surface area (Å²) < 4.78 is 0. The number of hydrogen-bond donors (Lipinski definition) is 1. The van der Waals surface area contributed by atoms with E-state index in [1.54, 1.807) is 0 Å². The zero-order valence-electron chi connectivity index (χ0n) is 11.9.